The zero-order valence-corrected chi connectivity index (χ0v) is 18.4. The Morgan fingerprint density at radius 2 is 1.77 bits per heavy atom. The third-order valence-electron chi connectivity index (χ3n) is 5.40. The summed E-state index contributed by atoms with van der Waals surface area (Å²) in [5, 5.41) is 3.43. The van der Waals surface area contributed by atoms with Gasteiger partial charge in [-0.25, -0.2) is 0 Å². The Bertz CT molecular complexity index is 987. The molecule has 0 radical (unpaired) electrons. The van der Waals surface area contributed by atoms with Crippen molar-refractivity contribution in [2.75, 3.05) is 43.2 Å². The standard InChI is InChI=1S/C23H26ClN3O4/c1-15(2)11-22(28)27-9-7-26(8-10-27)19-5-4-17(13-18(19)24)25-23(29)16-3-6-20-21(12-16)31-14-30-20/h3-6,12-13,15H,7-11,14H2,1-2H3,(H,25,29). The van der Waals surface area contributed by atoms with Crippen molar-refractivity contribution in [3.8, 4) is 11.5 Å². The van der Waals surface area contributed by atoms with Crippen LogP contribution in [-0.4, -0.2) is 49.7 Å². The van der Waals surface area contributed by atoms with Gasteiger partial charge in [0.1, 0.15) is 0 Å². The Kier molecular flexibility index (Phi) is 6.23. The van der Waals surface area contributed by atoms with Crippen molar-refractivity contribution < 1.29 is 19.1 Å². The number of ether oxygens (including phenoxy) is 2. The molecule has 7 nitrogen and oxygen atoms in total. The summed E-state index contributed by atoms with van der Waals surface area (Å²) in [6.07, 6.45) is 0.582. The van der Waals surface area contributed by atoms with Gasteiger partial charge < -0.3 is 24.6 Å². The minimum absolute atomic E-state index is 0.164. The number of anilines is 2. The molecular weight excluding hydrogens is 418 g/mol. The summed E-state index contributed by atoms with van der Waals surface area (Å²) in [5.74, 6) is 1.52. The van der Waals surface area contributed by atoms with Crippen LogP contribution >= 0.6 is 11.6 Å². The van der Waals surface area contributed by atoms with Crippen molar-refractivity contribution in [3.05, 3.63) is 47.0 Å². The molecule has 0 spiro atoms. The fourth-order valence-electron chi connectivity index (χ4n) is 3.76. The van der Waals surface area contributed by atoms with E-state index in [4.69, 9.17) is 21.1 Å². The zero-order valence-electron chi connectivity index (χ0n) is 17.7. The van der Waals surface area contributed by atoms with Crippen molar-refractivity contribution in [2.45, 2.75) is 20.3 Å². The second-order valence-corrected chi connectivity index (χ2v) is 8.56. The van der Waals surface area contributed by atoms with E-state index in [1.165, 1.54) is 0 Å². The van der Waals surface area contributed by atoms with Crippen molar-refractivity contribution >= 4 is 34.8 Å². The van der Waals surface area contributed by atoms with Gasteiger partial charge in [0.2, 0.25) is 12.7 Å². The molecule has 0 saturated carbocycles. The van der Waals surface area contributed by atoms with Gasteiger partial charge in [0.25, 0.3) is 5.91 Å². The number of amides is 2. The van der Waals surface area contributed by atoms with Crippen LogP contribution in [0.5, 0.6) is 11.5 Å². The monoisotopic (exact) mass is 443 g/mol. The quantitative estimate of drug-likeness (QED) is 0.755. The molecule has 2 aliphatic heterocycles. The molecule has 1 fully saturated rings. The van der Waals surface area contributed by atoms with Crippen LogP contribution in [0.2, 0.25) is 5.02 Å². The first-order valence-electron chi connectivity index (χ1n) is 10.4. The van der Waals surface area contributed by atoms with Crippen LogP contribution < -0.4 is 19.7 Å². The maximum absolute atomic E-state index is 12.6. The van der Waals surface area contributed by atoms with Gasteiger partial charge in [-0.15, -0.1) is 0 Å². The normalized spacial score (nSPS) is 15.4. The number of hydrogen-bond donors (Lipinski definition) is 1. The van der Waals surface area contributed by atoms with Crippen LogP contribution in [-0.2, 0) is 4.79 Å². The SMILES string of the molecule is CC(C)CC(=O)N1CCN(c2ccc(NC(=O)c3ccc4c(c3)OCO4)cc2Cl)CC1. The smallest absolute Gasteiger partial charge is 0.255 e. The minimum Gasteiger partial charge on any atom is -0.454 e. The molecule has 2 aliphatic rings. The molecule has 2 heterocycles. The van der Waals surface area contributed by atoms with E-state index >= 15 is 0 Å². The average Bonchev–Trinajstić information content (AvgIpc) is 3.21. The van der Waals surface area contributed by atoms with Gasteiger partial charge in [0.05, 0.1) is 10.7 Å². The fourth-order valence-corrected chi connectivity index (χ4v) is 4.06. The van der Waals surface area contributed by atoms with E-state index in [0.717, 1.165) is 18.8 Å². The molecule has 1 N–H and O–H groups in total. The third kappa shape index (κ3) is 4.88. The largest absolute Gasteiger partial charge is 0.454 e. The fraction of sp³-hybridized carbons (Fsp3) is 0.391. The maximum Gasteiger partial charge on any atom is 0.255 e. The molecule has 2 amide bonds. The zero-order chi connectivity index (χ0) is 22.0. The van der Waals surface area contributed by atoms with Crippen LogP contribution in [0.15, 0.2) is 36.4 Å². The van der Waals surface area contributed by atoms with Crippen LogP contribution in [0.25, 0.3) is 0 Å². The molecule has 0 unspecified atom stereocenters. The average molecular weight is 444 g/mol. The number of halogens is 1. The van der Waals surface area contributed by atoms with E-state index in [0.29, 0.717) is 53.2 Å². The van der Waals surface area contributed by atoms with Crippen LogP contribution in [0.4, 0.5) is 11.4 Å². The number of carbonyl (C=O) groups excluding carboxylic acids is 2. The number of piperazine rings is 1. The lowest BCUT2D eigenvalue weighted by molar-refractivity contribution is -0.132. The van der Waals surface area contributed by atoms with E-state index in [1.54, 1.807) is 24.3 Å². The second-order valence-electron chi connectivity index (χ2n) is 8.15. The van der Waals surface area contributed by atoms with E-state index < -0.39 is 0 Å². The van der Waals surface area contributed by atoms with Gasteiger partial charge in [0.15, 0.2) is 11.5 Å². The molecule has 4 rings (SSSR count). The van der Waals surface area contributed by atoms with Crippen LogP contribution in [0.3, 0.4) is 0 Å². The van der Waals surface area contributed by atoms with Gasteiger partial charge in [-0.3, -0.25) is 9.59 Å². The number of benzene rings is 2. The molecular formula is C23H26ClN3O4. The number of nitrogens with one attached hydrogen (secondary N) is 1. The van der Waals surface area contributed by atoms with Crippen molar-refractivity contribution in [1.29, 1.82) is 0 Å². The number of rotatable bonds is 5. The number of hydrogen-bond acceptors (Lipinski definition) is 5. The van der Waals surface area contributed by atoms with Crippen LogP contribution in [0.1, 0.15) is 30.6 Å². The molecule has 0 aliphatic carbocycles. The van der Waals surface area contributed by atoms with Crippen LogP contribution in [0, 0.1) is 5.92 Å². The molecule has 31 heavy (non-hydrogen) atoms. The summed E-state index contributed by atoms with van der Waals surface area (Å²) in [7, 11) is 0. The third-order valence-corrected chi connectivity index (χ3v) is 5.70. The maximum atomic E-state index is 12.6. The topological polar surface area (TPSA) is 71.1 Å². The van der Waals surface area contributed by atoms with E-state index in [1.807, 2.05) is 17.0 Å². The highest BCUT2D eigenvalue weighted by Gasteiger charge is 2.23. The van der Waals surface area contributed by atoms with Crippen molar-refractivity contribution in [3.63, 3.8) is 0 Å². The van der Waals surface area contributed by atoms with E-state index in [2.05, 4.69) is 24.1 Å². The molecule has 0 atom stereocenters. The Labute approximate surface area is 186 Å². The Morgan fingerprint density at radius 3 is 2.48 bits per heavy atom. The van der Waals surface area contributed by atoms with E-state index in [9.17, 15) is 9.59 Å². The lowest BCUT2D eigenvalue weighted by Crippen LogP contribution is -2.49. The van der Waals surface area contributed by atoms with Gasteiger partial charge in [0, 0.05) is 43.9 Å². The molecule has 8 heteroatoms. The molecule has 164 valence electrons. The highest BCUT2D eigenvalue weighted by atomic mass is 35.5. The Hall–Kier alpha value is -2.93. The summed E-state index contributed by atoms with van der Waals surface area (Å²) in [6.45, 7) is 7.10. The summed E-state index contributed by atoms with van der Waals surface area (Å²) in [4.78, 5) is 29.0. The van der Waals surface area contributed by atoms with E-state index in [-0.39, 0.29) is 18.6 Å². The lowest BCUT2D eigenvalue weighted by atomic mass is 10.1. The van der Waals surface area contributed by atoms with Crippen molar-refractivity contribution in [2.24, 2.45) is 5.92 Å². The van der Waals surface area contributed by atoms with Gasteiger partial charge in [-0.05, 0) is 42.3 Å². The molecule has 2 aromatic rings. The molecule has 2 aromatic carbocycles. The first-order chi connectivity index (χ1) is 14.9. The summed E-state index contributed by atoms with van der Waals surface area (Å²) in [6, 6.07) is 10.6. The van der Waals surface area contributed by atoms with Gasteiger partial charge in [-0.1, -0.05) is 25.4 Å². The first kappa shape index (κ1) is 21.3. The number of carbonyl (C=O) groups is 2. The highest BCUT2D eigenvalue weighted by Crippen LogP contribution is 2.33. The van der Waals surface area contributed by atoms with Crippen molar-refractivity contribution in [1.82, 2.24) is 4.90 Å². The Morgan fingerprint density at radius 1 is 1.03 bits per heavy atom. The summed E-state index contributed by atoms with van der Waals surface area (Å²) < 4.78 is 10.6. The molecule has 0 bridgehead atoms. The number of fused-ring (bicyclic) bond motifs is 1. The minimum atomic E-state index is -0.251. The van der Waals surface area contributed by atoms with Gasteiger partial charge in [-0.2, -0.15) is 0 Å². The summed E-state index contributed by atoms with van der Waals surface area (Å²) >= 11 is 6.53. The first-order valence-corrected chi connectivity index (χ1v) is 10.8. The lowest BCUT2D eigenvalue weighted by Gasteiger charge is -2.36. The van der Waals surface area contributed by atoms with Gasteiger partial charge >= 0.3 is 0 Å². The molecule has 0 aromatic heterocycles. The molecule has 1 saturated heterocycles. The summed E-state index contributed by atoms with van der Waals surface area (Å²) in [5.41, 5.74) is 1.99. The highest BCUT2D eigenvalue weighted by molar-refractivity contribution is 6.33. The second kappa shape index (κ2) is 9.06. The predicted octanol–water partition coefficient (Wildman–Crippen LogP) is 4.02. The Balaban J connectivity index is 1.37. The number of nitrogens with zero attached hydrogens (tertiary/aromatic N) is 2. The predicted molar refractivity (Wildman–Crippen MR) is 120 cm³/mol.